The molecule has 136 valence electrons. The maximum absolute atomic E-state index is 10.1. The smallest absolute Gasteiger partial charge is 0.200 e. The van der Waals surface area contributed by atoms with Gasteiger partial charge in [-0.3, -0.25) is 0 Å². The highest BCUT2D eigenvalue weighted by molar-refractivity contribution is 5.79. The lowest BCUT2D eigenvalue weighted by Gasteiger charge is -2.06. The summed E-state index contributed by atoms with van der Waals surface area (Å²) in [5.41, 5.74) is 2.36. The highest BCUT2D eigenvalue weighted by atomic mass is 16.3. The van der Waals surface area contributed by atoms with Crippen molar-refractivity contribution in [2.24, 2.45) is 0 Å². The van der Waals surface area contributed by atoms with Crippen molar-refractivity contribution in [3.8, 4) is 28.7 Å². The minimum atomic E-state index is -0.590. The van der Waals surface area contributed by atoms with E-state index in [1.807, 2.05) is 36.4 Å². The van der Waals surface area contributed by atoms with E-state index in [4.69, 9.17) is 0 Å². The lowest BCUT2D eigenvalue weighted by Crippen LogP contribution is -1.81. The van der Waals surface area contributed by atoms with Gasteiger partial charge in [-0.2, -0.15) is 0 Å². The summed E-state index contributed by atoms with van der Waals surface area (Å²) >= 11 is 0. The molecule has 0 aliphatic heterocycles. The Balaban J connectivity index is 1.91. The summed E-state index contributed by atoms with van der Waals surface area (Å²) in [6, 6.07) is 15.0. The first-order chi connectivity index (χ1) is 12.9. The average molecular weight is 362 g/mol. The molecule has 0 heterocycles. The molecule has 0 amide bonds. The summed E-state index contributed by atoms with van der Waals surface area (Å²) in [7, 11) is 0. The molecule has 5 heteroatoms. The Kier molecular flexibility index (Phi) is 5.04. The Morgan fingerprint density at radius 3 is 1.56 bits per heavy atom. The zero-order chi connectivity index (χ0) is 19.4. The minimum absolute atomic E-state index is 0.0586. The summed E-state index contributed by atoms with van der Waals surface area (Å²) < 4.78 is 0. The molecule has 0 aliphatic carbocycles. The van der Waals surface area contributed by atoms with Gasteiger partial charge in [0.15, 0.2) is 17.2 Å². The zero-order valence-corrected chi connectivity index (χ0v) is 14.2. The minimum Gasteiger partial charge on any atom is -0.507 e. The summed E-state index contributed by atoms with van der Waals surface area (Å²) in [6.07, 6.45) is 6.70. The van der Waals surface area contributed by atoms with Crippen LogP contribution in [0.25, 0.3) is 24.3 Å². The molecule has 0 saturated heterocycles. The lowest BCUT2D eigenvalue weighted by molar-refractivity contribution is 0.368. The molecular weight excluding hydrogens is 344 g/mol. The number of hydrogen-bond acceptors (Lipinski definition) is 5. The van der Waals surface area contributed by atoms with E-state index >= 15 is 0 Å². The summed E-state index contributed by atoms with van der Waals surface area (Å²) in [5.74, 6) is -1.66. The first-order valence-corrected chi connectivity index (χ1v) is 8.16. The molecule has 5 nitrogen and oxygen atoms in total. The van der Waals surface area contributed by atoms with E-state index in [1.54, 1.807) is 24.3 Å². The van der Waals surface area contributed by atoms with Crippen molar-refractivity contribution in [2.45, 2.75) is 0 Å². The molecule has 0 fully saturated rings. The quantitative estimate of drug-likeness (QED) is 0.346. The van der Waals surface area contributed by atoms with Crippen LogP contribution in [0.3, 0.4) is 0 Å². The van der Waals surface area contributed by atoms with Crippen molar-refractivity contribution in [3.63, 3.8) is 0 Å². The Bertz CT molecular complexity index is 997. The largest absolute Gasteiger partial charge is 0.507 e. The van der Waals surface area contributed by atoms with Crippen LogP contribution in [-0.2, 0) is 0 Å². The maximum Gasteiger partial charge on any atom is 0.200 e. The molecule has 0 aromatic heterocycles. The molecule has 27 heavy (non-hydrogen) atoms. The number of phenolic OH excluding ortho intramolecular Hbond substituents is 5. The van der Waals surface area contributed by atoms with Gasteiger partial charge in [-0.15, -0.1) is 0 Å². The highest BCUT2D eigenvalue weighted by Gasteiger charge is 2.08. The van der Waals surface area contributed by atoms with Crippen molar-refractivity contribution >= 4 is 24.3 Å². The van der Waals surface area contributed by atoms with Crippen LogP contribution in [0.4, 0.5) is 0 Å². The monoisotopic (exact) mass is 362 g/mol. The fourth-order valence-electron chi connectivity index (χ4n) is 2.54. The standard InChI is InChI=1S/C22H18O5/c23-18-13-19(24)17(9-7-15-10-20(25)22(27)21(26)11-15)12-16(18)8-6-14-4-2-1-3-5-14/h1-13,23-27H/b8-6+,9-7+. The fraction of sp³-hybridized carbons (Fsp3) is 0. The van der Waals surface area contributed by atoms with Gasteiger partial charge in [-0.1, -0.05) is 54.6 Å². The molecule has 0 atom stereocenters. The predicted octanol–water partition coefficient (Wildman–Crippen LogP) is 4.56. The first kappa shape index (κ1) is 17.9. The number of benzene rings is 3. The average Bonchev–Trinajstić information content (AvgIpc) is 2.65. The Labute approximate surface area is 156 Å². The Hall–Kier alpha value is -3.86. The van der Waals surface area contributed by atoms with Crippen molar-refractivity contribution in [1.29, 1.82) is 0 Å². The molecule has 0 bridgehead atoms. The van der Waals surface area contributed by atoms with E-state index in [0.29, 0.717) is 16.7 Å². The van der Waals surface area contributed by atoms with Crippen LogP contribution >= 0.6 is 0 Å². The van der Waals surface area contributed by atoms with Gasteiger partial charge in [0.05, 0.1) is 0 Å². The summed E-state index contributed by atoms with van der Waals surface area (Å²) in [4.78, 5) is 0. The SMILES string of the molecule is Oc1cc(O)c(/C=C/c2cc(O)c(O)c(O)c2)cc1/C=C/c1ccccc1. The van der Waals surface area contributed by atoms with Crippen LogP contribution in [0.15, 0.2) is 54.6 Å². The first-order valence-electron chi connectivity index (χ1n) is 8.16. The maximum atomic E-state index is 10.1. The molecule has 0 spiro atoms. The van der Waals surface area contributed by atoms with E-state index in [0.717, 1.165) is 5.56 Å². The topological polar surface area (TPSA) is 101 Å². The molecule has 5 N–H and O–H groups in total. The lowest BCUT2D eigenvalue weighted by atomic mass is 10.0. The molecule has 0 saturated carbocycles. The Morgan fingerprint density at radius 2 is 1.00 bits per heavy atom. The third kappa shape index (κ3) is 4.22. The van der Waals surface area contributed by atoms with E-state index in [1.165, 1.54) is 18.2 Å². The van der Waals surface area contributed by atoms with Crippen LogP contribution in [-0.4, -0.2) is 25.5 Å². The molecule has 3 rings (SSSR count). The van der Waals surface area contributed by atoms with Gasteiger partial charge in [0.2, 0.25) is 0 Å². The van der Waals surface area contributed by atoms with Crippen molar-refractivity contribution in [3.05, 3.63) is 76.9 Å². The van der Waals surface area contributed by atoms with Crippen LogP contribution in [0, 0.1) is 0 Å². The number of rotatable bonds is 4. The van der Waals surface area contributed by atoms with Crippen molar-refractivity contribution < 1.29 is 25.5 Å². The van der Waals surface area contributed by atoms with Crippen molar-refractivity contribution in [1.82, 2.24) is 0 Å². The third-order valence-corrected chi connectivity index (χ3v) is 3.98. The molecule has 0 radical (unpaired) electrons. The number of phenols is 5. The number of hydrogen-bond donors (Lipinski definition) is 5. The summed E-state index contributed by atoms with van der Waals surface area (Å²) in [6.45, 7) is 0. The van der Waals surface area contributed by atoms with Crippen LogP contribution < -0.4 is 0 Å². The van der Waals surface area contributed by atoms with Gasteiger partial charge in [-0.25, -0.2) is 0 Å². The number of aromatic hydroxyl groups is 5. The van der Waals surface area contributed by atoms with Gasteiger partial charge >= 0.3 is 0 Å². The molecule has 3 aromatic rings. The molecule has 0 aliphatic rings. The zero-order valence-electron chi connectivity index (χ0n) is 14.2. The highest BCUT2D eigenvalue weighted by Crippen LogP contribution is 2.36. The molecule has 0 unspecified atom stereocenters. The van der Waals surface area contributed by atoms with E-state index < -0.39 is 17.2 Å². The predicted molar refractivity (Wildman–Crippen MR) is 106 cm³/mol. The van der Waals surface area contributed by atoms with E-state index in [9.17, 15) is 25.5 Å². The van der Waals surface area contributed by atoms with E-state index in [2.05, 4.69) is 0 Å². The van der Waals surface area contributed by atoms with Crippen LogP contribution in [0.5, 0.6) is 28.7 Å². The van der Waals surface area contributed by atoms with Crippen molar-refractivity contribution in [2.75, 3.05) is 0 Å². The molecule has 3 aromatic carbocycles. The Morgan fingerprint density at radius 1 is 0.481 bits per heavy atom. The van der Waals surface area contributed by atoms with Crippen LogP contribution in [0.1, 0.15) is 22.3 Å². The van der Waals surface area contributed by atoms with Gasteiger partial charge < -0.3 is 25.5 Å². The second kappa shape index (κ2) is 7.58. The molecular formula is C22H18O5. The van der Waals surface area contributed by atoms with E-state index in [-0.39, 0.29) is 11.5 Å². The normalized spacial score (nSPS) is 11.4. The summed E-state index contributed by atoms with van der Waals surface area (Å²) in [5, 5.41) is 48.6. The third-order valence-electron chi connectivity index (χ3n) is 3.98. The van der Waals surface area contributed by atoms with Gasteiger partial charge in [-0.05, 0) is 29.3 Å². The van der Waals surface area contributed by atoms with Crippen LogP contribution in [0.2, 0.25) is 0 Å². The second-order valence-electron chi connectivity index (χ2n) is 5.95. The fourth-order valence-corrected chi connectivity index (χ4v) is 2.54. The van der Waals surface area contributed by atoms with Gasteiger partial charge in [0.1, 0.15) is 11.5 Å². The van der Waals surface area contributed by atoms with Gasteiger partial charge in [0.25, 0.3) is 0 Å². The second-order valence-corrected chi connectivity index (χ2v) is 5.95. The van der Waals surface area contributed by atoms with Gasteiger partial charge in [0, 0.05) is 17.2 Å².